The van der Waals surface area contributed by atoms with Gasteiger partial charge in [-0.3, -0.25) is 9.59 Å². The molecule has 0 atom stereocenters. The number of nitrogens with zero attached hydrogens (tertiary/aromatic N) is 2. The number of fused-ring (bicyclic) bond motifs is 1. The molecular weight excluding hydrogens is 310 g/mol. The highest BCUT2D eigenvalue weighted by atomic mass is 16.5. The van der Waals surface area contributed by atoms with Crippen LogP contribution in [0, 0.1) is 6.92 Å². The van der Waals surface area contributed by atoms with Crippen LogP contribution in [0.4, 0.5) is 0 Å². The Morgan fingerprint density at radius 1 is 1.42 bits per heavy atom. The first-order valence-electron chi connectivity index (χ1n) is 8.29. The number of nitrogens with one attached hydrogen (secondary N) is 1. The van der Waals surface area contributed by atoms with Crippen molar-refractivity contribution < 1.29 is 19.2 Å². The van der Waals surface area contributed by atoms with Gasteiger partial charge in [0.2, 0.25) is 0 Å². The van der Waals surface area contributed by atoms with E-state index < -0.39 is 11.5 Å². The van der Waals surface area contributed by atoms with Gasteiger partial charge in [-0.05, 0) is 45.1 Å². The number of aryl methyl sites for hydroxylation is 1. The molecular formula is C17H19N3O4. The van der Waals surface area contributed by atoms with Crippen molar-refractivity contribution in [1.82, 2.24) is 15.5 Å². The van der Waals surface area contributed by atoms with Crippen molar-refractivity contribution in [1.29, 1.82) is 0 Å². The first kappa shape index (κ1) is 15.1. The third kappa shape index (κ3) is 2.53. The maximum Gasteiger partial charge on any atom is 0.305 e. The maximum absolute atomic E-state index is 12.9. The number of rotatable bonds is 5. The predicted octanol–water partition coefficient (Wildman–Crippen LogP) is 2.54. The molecule has 2 N–H and O–H groups in total. The van der Waals surface area contributed by atoms with Crippen LogP contribution >= 0.6 is 0 Å². The number of hydrogen-bond acceptors (Lipinski definition) is 5. The number of carbonyl (C=O) groups is 2. The topological polar surface area (TPSA) is 105 Å². The quantitative estimate of drug-likeness (QED) is 0.873. The number of carboxylic acid groups (broad SMARTS) is 1. The molecule has 7 heteroatoms. The second-order valence-electron chi connectivity index (χ2n) is 6.98. The van der Waals surface area contributed by atoms with Gasteiger partial charge < -0.3 is 14.9 Å². The molecule has 2 aromatic rings. The summed E-state index contributed by atoms with van der Waals surface area (Å²) in [6, 6.07) is 1.81. The summed E-state index contributed by atoms with van der Waals surface area (Å²) >= 11 is 0. The maximum atomic E-state index is 12.9. The van der Waals surface area contributed by atoms with Crippen LogP contribution in [0.25, 0.3) is 11.1 Å². The summed E-state index contributed by atoms with van der Waals surface area (Å²) < 4.78 is 5.26. The van der Waals surface area contributed by atoms with Gasteiger partial charge in [-0.25, -0.2) is 4.98 Å². The van der Waals surface area contributed by atoms with Crippen molar-refractivity contribution >= 4 is 23.0 Å². The largest absolute Gasteiger partial charge is 0.481 e. The lowest BCUT2D eigenvalue weighted by Gasteiger charge is -2.41. The highest BCUT2D eigenvalue weighted by Crippen LogP contribution is 2.41. The van der Waals surface area contributed by atoms with E-state index in [1.807, 2.05) is 6.07 Å². The van der Waals surface area contributed by atoms with Crippen molar-refractivity contribution in [3.63, 3.8) is 0 Å². The molecule has 2 aliphatic carbocycles. The minimum absolute atomic E-state index is 0.0505. The van der Waals surface area contributed by atoms with Crippen molar-refractivity contribution in [3.8, 4) is 0 Å². The first-order chi connectivity index (χ1) is 11.5. The Kier molecular flexibility index (Phi) is 3.33. The Balaban J connectivity index is 1.70. The third-order valence-corrected chi connectivity index (χ3v) is 5.06. The molecule has 2 aliphatic rings. The Morgan fingerprint density at radius 2 is 2.17 bits per heavy atom. The van der Waals surface area contributed by atoms with E-state index in [0.717, 1.165) is 25.0 Å². The van der Waals surface area contributed by atoms with Gasteiger partial charge in [0.15, 0.2) is 0 Å². The lowest BCUT2D eigenvalue weighted by Crippen LogP contribution is -2.54. The molecule has 0 spiro atoms. The molecule has 2 aromatic heterocycles. The molecule has 126 valence electrons. The van der Waals surface area contributed by atoms with Crippen LogP contribution in [-0.2, 0) is 4.79 Å². The Bertz CT molecular complexity index is 834. The van der Waals surface area contributed by atoms with Gasteiger partial charge in [-0.2, -0.15) is 0 Å². The standard InChI is InChI=1S/C17H19N3O4/c1-9-14-11(7-12(10-3-4-10)18-16(14)24-20-9)15(23)19-17(5-2-6-17)8-13(21)22/h7,10H,2-6,8H2,1H3,(H,19,23)(H,21,22). The average Bonchev–Trinajstić information content (AvgIpc) is 3.28. The summed E-state index contributed by atoms with van der Waals surface area (Å²) in [4.78, 5) is 28.5. The van der Waals surface area contributed by atoms with Crippen molar-refractivity contribution in [2.45, 2.75) is 56.9 Å². The number of pyridine rings is 1. The van der Waals surface area contributed by atoms with E-state index in [1.165, 1.54) is 0 Å². The molecule has 1 amide bonds. The number of aliphatic carboxylic acids is 1. The highest BCUT2D eigenvalue weighted by Gasteiger charge is 2.41. The van der Waals surface area contributed by atoms with E-state index in [1.54, 1.807) is 6.92 Å². The molecule has 0 radical (unpaired) electrons. The minimum Gasteiger partial charge on any atom is -0.481 e. The molecule has 2 saturated carbocycles. The summed E-state index contributed by atoms with van der Waals surface area (Å²) in [7, 11) is 0. The summed E-state index contributed by atoms with van der Waals surface area (Å²) in [5, 5.41) is 16.6. The zero-order chi connectivity index (χ0) is 16.9. The zero-order valence-corrected chi connectivity index (χ0v) is 13.5. The second kappa shape index (κ2) is 5.29. The van der Waals surface area contributed by atoms with Gasteiger partial charge in [0, 0.05) is 11.6 Å². The third-order valence-electron chi connectivity index (χ3n) is 5.06. The van der Waals surface area contributed by atoms with E-state index in [-0.39, 0.29) is 12.3 Å². The van der Waals surface area contributed by atoms with Crippen molar-refractivity contribution in [2.24, 2.45) is 0 Å². The molecule has 4 rings (SSSR count). The Hall–Kier alpha value is -2.44. The highest BCUT2D eigenvalue weighted by molar-refractivity contribution is 6.06. The van der Waals surface area contributed by atoms with Gasteiger partial charge >= 0.3 is 5.97 Å². The first-order valence-corrected chi connectivity index (χ1v) is 8.29. The fourth-order valence-electron chi connectivity index (χ4n) is 3.43. The van der Waals surface area contributed by atoms with Gasteiger partial charge in [0.25, 0.3) is 11.6 Å². The van der Waals surface area contributed by atoms with E-state index in [0.29, 0.717) is 41.1 Å². The SMILES string of the molecule is Cc1noc2nc(C3CC3)cc(C(=O)NC3(CC(=O)O)CCC3)c12. The van der Waals surface area contributed by atoms with Crippen LogP contribution in [-0.4, -0.2) is 32.7 Å². The molecule has 2 fully saturated rings. The number of hydrogen-bond donors (Lipinski definition) is 2. The summed E-state index contributed by atoms with van der Waals surface area (Å²) in [5.41, 5.74) is 1.69. The summed E-state index contributed by atoms with van der Waals surface area (Å²) in [6.45, 7) is 1.78. The molecule has 0 aromatic carbocycles. The van der Waals surface area contributed by atoms with E-state index >= 15 is 0 Å². The van der Waals surface area contributed by atoms with Gasteiger partial charge in [-0.1, -0.05) is 5.16 Å². The molecule has 0 saturated heterocycles. The summed E-state index contributed by atoms with van der Waals surface area (Å²) in [6.07, 6.45) is 4.39. The van der Waals surface area contributed by atoms with E-state index in [2.05, 4.69) is 15.5 Å². The zero-order valence-electron chi connectivity index (χ0n) is 13.5. The smallest absolute Gasteiger partial charge is 0.305 e. The lowest BCUT2D eigenvalue weighted by molar-refractivity contribution is -0.139. The fourth-order valence-corrected chi connectivity index (χ4v) is 3.43. The van der Waals surface area contributed by atoms with Crippen LogP contribution in [0.15, 0.2) is 10.6 Å². The molecule has 0 unspecified atom stereocenters. The van der Waals surface area contributed by atoms with Gasteiger partial charge in [0.05, 0.1) is 28.6 Å². The molecule has 0 aliphatic heterocycles. The van der Waals surface area contributed by atoms with Crippen LogP contribution in [0.2, 0.25) is 0 Å². The molecule has 0 bridgehead atoms. The summed E-state index contributed by atoms with van der Waals surface area (Å²) in [5.74, 6) is -0.783. The average molecular weight is 329 g/mol. The Labute approximate surface area is 138 Å². The van der Waals surface area contributed by atoms with Crippen molar-refractivity contribution in [2.75, 3.05) is 0 Å². The number of amides is 1. The van der Waals surface area contributed by atoms with Crippen LogP contribution < -0.4 is 5.32 Å². The normalized spacial score (nSPS) is 19.0. The number of aromatic nitrogens is 2. The number of carbonyl (C=O) groups excluding carboxylic acids is 1. The molecule has 2 heterocycles. The lowest BCUT2D eigenvalue weighted by atomic mass is 9.74. The molecule has 24 heavy (non-hydrogen) atoms. The van der Waals surface area contributed by atoms with E-state index in [9.17, 15) is 9.59 Å². The predicted molar refractivity (Wildman–Crippen MR) is 84.8 cm³/mol. The minimum atomic E-state index is -0.894. The van der Waals surface area contributed by atoms with Crippen molar-refractivity contribution in [3.05, 3.63) is 23.0 Å². The fraction of sp³-hybridized carbons (Fsp3) is 0.529. The van der Waals surface area contributed by atoms with Crippen LogP contribution in [0.1, 0.15) is 66.2 Å². The van der Waals surface area contributed by atoms with Gasteiger partial charge in [-0.15, -0.1) is 0 Å². The Morgan fingerprint density at radius 3 is 2.75 bits per heavy atom. The van der Waals surface area contributed by atoms with Crippen LogP contribution in [0.5, 0.6) is 0 Å². The molecule has 7 nitrogen and oxygen atoms in total. The number of carboxylic acids is 1. The van der Waals surface area contributed by atoms with E-state index in [4.69, 9.17) is 9.63 Å². The van der Waals surface area contributed by atoms with Crippen LogP contribution in [0.3, 0.4) is 0 Å². The van der Waals surface area contributed by atoms with Gasteiger partial charge in [0.1, 0.15) is 0 Å². The second-order valence-corrected chi connectivity index (χ2v) is 6.98. The monoisotopic (exact) mass is 329 g/mol.